The molecule has 1 aliphatic heterocycles. The summed E-state index contributed by atoms with van der Waals surface area (Å²) in [6, 6.07) is 20.0. The van der Waals surface area contributed by atoms with Crippen molar-refractivity contribution in [3.05, 3.63) is 105 Å². The van der Waals surface area contributed by atoms with Crippen LogP contribution in [-0.4, -0.2) is 16.7 Å². The molecule has 0 aliphatic carbocycles. The molecule has 6 nitrogen and oxygen atoms in total. The van der Waals surface area contributed by atoms with Gasteiger partial charge in [-0.1, -0.05) is 48.0 Å². The minimum Gasteiger partial charge on any atom is -0.268 e. The molecule has 0 bridgehead atoms. The highest BCUT2D eigenvalue weighted by Gasteiger charge is 2.36. The Hall–Kier alpha value is -4.06. The molecule has 2 amide bonds. The van der Waals surface area contributed by atoms with Gasteiger partial charge in [0.25, 0.3) is 17.5 Å². The number of rotatable bonds is 3. The summed E-state index contributed by atoms with van der Waals surface area (Å²) < 4.78 is 0. The quantitative estimate of drug-likeness (QED) is 0.285. The zero-order valence-electron chi connectivity index (χ0n) is 15.5. The number of carbonyl (C=O) groups excluding carboxylic acids is 2. The van der Waals surface area contributed by atoms with Gasteiger partial charge in [0.2, 0.25) is 0 Å². The topological polar surface area (TPSA) is 80.5 Å². The Balaban J connectivity index is 1.93. The molecule has 0 spiro atoms. The Labute approximate surface area is 166 Å². The van der Waals surface area contributed by atoms with E-state index in [9.17, 15) is 19.7 Å². The fraction of sp³-hybridized carbons (Fsp3) is 0.0435. The van der Waals surface area contributed by atoms with Gasteiger partial charge >= 0.3 is 0 Å². The zero-order valence-corrected chi connectivity index (χ0v) is 15.5. The maximum atomic E-state index is 13.3. The van der Waals surface area contributed by atoms with Crippen molar-refractivity contribution < 1.29 is 14.5 Å². The van der Waals surface area contributed by atoms with Gasteiger partial charge in [0.05, 0.1) is 16.2 Å². The predicted molar refractivity (Wildman–Crippen MR) is 110 cm³/mol. The average molecular weight is 384 g/mol. The molecule has 0 N–H and O–H groups in total. The second-order valence-electron chi connectivity index (χ2n) is 6.70. The lowest BCUT2D eigenvalue weighted by atomic mass is 9.91. The Kier molecular flexibility index (Phi) is 4.52. The zero-order chi connectivity index (χ0) is 20.5. The second-order valence-corrected chi connectivity index (χ2v) is 6.70. The third-order valence-corrected chi connectivity index (χ3v) is 4.81. The van der Waals surface area contributed by atoms with Gasteiger partial charge in [0.15, 0.2) is 0 Å². The first-order chi connectivity index (χ1) is 14.0. The maximum absolute atomic E-state index is 13.3. The van der Waals surface area contributed by atoms with Crippen molar-refractivity contribution >= 4 is 34.8 Å². The van der Waals surface area contributed by atoms with Crippen molar-refractivity contribution in [1.82, 2.24) is 0 Å². The van der Waals surface area contributed by atoms with Gasteiger partial charge in [-0.15, -0.1) is 0 Å². The molecule has 0 aromatic heterocycles. The lowest BCUT2D eigenvalue weighted by Crippen LogP contribution is -2.41. The summed E-state index contributed by atoms with van der Waals surface area (Å²) in [6.45, 7) is 1.92. The molecule has 4 rings (SSSR count). The van der Waals surface area contributed by atoms with E-state index in [-0.39, 0.29) is 11.3 Å². The first kappa shape index (κ1) is 18.3. The van der Waals surface area contributed by atoms with E-state index in [1.54, 1.807) is 54.6 Å². The number of imide groups is 1. The van der Waals surface area contributed by atoms with Gasteiger partial charge in [-0.05, 0) is 42.8 Å². The van der Waals surface area contributed by atoms with Crippen molar-refractivity contribution in [3.63, 3.8) is 0 Å². The Bertz CT molecular complexity index is 1180. The standard InChI is InChI=1S/C23H16N2O4/c1-15-10-12-17(13-11-15)24-22(26)19-8-4-3-7-18(19)20(23(24)27)14-16-6-2-5-9-21(16)25(28)29/h2-14H,1H3/b20-14+. The molecule has 142 valence electrons. The molecule has 0 radical (unpaired) electrons. The number of para-hydroxylation sites is 1. The van der Waals surface area contributed by atoms with Crippen LogP contribution < -0.4 is 4.90 Å². The summed E-state index contributed by atoms with van der Waals surface area (Å²) in [6.07, 6.45) is 1.48. The van der Waals surface area contributed by atoms with Crippen LogP contribution in [0.5, 0.6) is 0 Å². The molecule has 0 saturated heterocycles. The molecular formula is C23H16N2O4. The van der Waals surface area contributed by atoms with Gasteiger partial charge in [-0.2, -0.15) is 0 Å². The van der Waals surface area contributed by atoms with E-state index in [2.05, 4.69) is 0 Å². The number of nitro groups is 1. The first-order valence-corrected chi connectivity index (χ1v) is 8.97. The highest BCUT2D eigenvalue weighted by molar-refractivity contribution is 6.43. The molecule has 6 heteroatoms. The fourth-order valence-corrected chi connectivity index (χ4v) is 3.35. The van der Waals surface area contributed by atoms with Crippen LogP contribution in [0.1, 0.15) is 27.0 Å². The number of nitro benzene ring substituents is 1. The molecule has 0 unspecified atom stereocenters. The number of carbonyl (C=O) groups is 2. The summed E-state index contributed by atoms with van der Waals surface area (Å²) >= 11 is 0. The Morgan fingerprint density at radius 1 is 0.828 bits per heavy atom. The summed E-state index contributed by atoms with van der Waals surface area (Å²) in [5.41, 5.74) is 2.71. The SMILES string of the molecule is Cc1ccc(N2C(=O)/C(=C/c3ccccc3[N+](=O)[O-])c3ccccc3C2=O)cc1. The van der Waals surface area contributed by atoms with Gasteiger partial charge in [-0.25, -0.2) is 4.90 Å². The van der Waals surface area contributed by atoms with Gasteiger partial charge < -0.3 is 0 Å². The van der Waals surface area contributed by atoms with E-state index < -0.39 is 16.7 Å². The first-order valence-electron chi connectivity index (χ1n) is 8.97. The second kappa shape index (κ2) is 7.16. The maximum Gasteiger partial charge on any atom is 0.276 e. The number of amides is 2. The minimum atomic E-state index is -0.518. The lowest BCUT2D eigenvalue weighted by Gasteiger charge is -2.28. The van der Waals surface area contributed by atoms with E-state index in [4.69, 9.17) is 0 Å². The number of hydrogen-bond donors (Lipinski definition) is 0. The monoisotopic (exact) mass is 384 g/mol. The molecule has 0 atom stereocenters. The number of anilines is 1. The summed E-state index contributed by atoms with van der Waals surface area (Å²) in [4.78, 5) is 38.4. The van der Waals surface area contributed by atoms with E-state index in [0.29, 0.717) is 22.4 Å². The molecule has 0 saturated carbocycles. The van der Waals surface area contributed by atoms with Crippen molar-refractivity contribution in [2.24, 2.45) is 0 Å². The van der Waals surface area contributed by atoms with Crippen LogP contribution in [0, 0.1) is 17.0 Å². The minimum absolute atomic E-state index is 0.107. The van der Waals surface area contributed by atoms with Crippen LogP contribution in [0.3, 0.4) is 0 Å². The summed E-state index contributed by atoms with van der Waals surface area (Å²) in [7, 11) is 0. The van der Waals surface area contributed by atoms with E-state index in [1.807, 2.05) is 19.1 Å². The van der Waals surface area contributed by atoms with E-state index in [0.717, 1.165) is 10.5 Å². The predicted octanol–water partition coefficient (Wildman–Crippen LogP) is 4.63. The van der Waals surface area contributed by atoms with Gasteiger partial charge in [0, 0.05) is 17.2 Å². The third-order valence-electron chi connectivity index (χ3n) is 4.81. The normalized spacial score (nSPS) is 14.8. The number of hydrogen-bond acceptors (Lipinski definition) is 4. The fourth-order valence-electron chi connectivity index (χ4n) is 3.35. The molecule has 1 aliphatic rings. The third kappa shape index (κ3) is 3.21. The Morgan fingerprint density at radius 3 is 2.14 bits per heavy atom. The van der Waals surface area contributed by atoms with Crippen LogP contribution in [0.25, 0.3) is 11.6 Å². The largest absolute Gasteiger partial charge is 0.276 e. The van der Waals surface area contributed by atoms with Gasteiger partial charge in [0.1, 0.15) is 0 Å². The van der Waals surface area contributed by atoms with Crippen molar-refractivity contribution in [2.75, 3.05) is 4.90 Å². The molecule has 3 aromatic carbocycles. The van der Waals surface area contributed by atoms with Gasteiger partial charge in [-0.3, -0.25) is 19.7 Å². The molecular weight excluding hydrogens is 368 g/mol. The highest BCUT2D eigenvalue weighted by Crippen LogP contribution is 2.34. The van der Waals surface area contributed by atoms with Crippen LogP contribution in [0.4, 0.5) is 11.4 Å². The number of aryl methyl sites for hydroxylation is 1. The van der Waals surface area contributed by atoms with E-state index in [1.165, 1.54) is 12.1 Å². The number of benzene rings is 3. The molecule has 0 fully saturated rings. The van der Waals surface area contributed by atoms with Crippen molar-refractivity contribution in [2.45, 2.75) is 6.92 Å². The van der Waals surface area contributed by atoms with Crippen molar-refractivity contribution in [1.29, 1.82) is 0 Å². The molecule has 3 aromatic rings. The van der Waals surface area contributed by atoms with Crippen LogP contribution >= 0.6 is 0 Å². The lowest BCUT2D eigenvalue weighted by molar-refractivity contribution is -0.385. The summed E-state index contributed by atoms with van der Waals surface area (Å²) in [5.74, 6) is -0.940. The van der Waals surface area contributed by atoms with Crippen LogP contribution in [0.2, 0.25) is 0 Å². The smallest absolute Gasteiger partial charge is 0.268 e. The van der Waals surface area contributed by atoms with E-state index >= 15 is 0 Å². The Morgan fingerprint density at radius 2 is 1.45 bits per heavy atom. The average Bonchev–Trinajstić information content (AvgIpc) is 2.73. The molecule has 1 heterocycles. The number of fused-ring (bicyclic) bond motifs is 1. The summed E-state index contributed by atoms with van der Waals surface area (Å²) in [5, 5.41) is 11.4. The molecule has 29 heavy (non-hydrogen) atoms. The van der Waals surface area contributed by atoms with Crippen LogP contribution in [0.15, 0.2) is 72.8 Å². The highest BCUT2D eigenvalue weighted by atomic mass is 16.6. The van der Waals surface area contributed by atoms with Crippen LogP contribution in [-0.2, 0) is 4.79 Å². The van der Waals surface area contributed by atoms with Crippen molar-refractivity contribution in [3.8, 4) is 0 Å². The number of nitrogens with zero attached hydrogens (tertiary/aromatic N) is 2.